The van der Waals surface area contributed by atoms with Crippen LogP contribution >= 0.6 is 0 Å². The molecular weight excluding hydrogens is 444 g/mol. The van der Waals surface area contributed by atoms with Gasteiger partial charge in [0.2, 0.25) is 17.7 Å². The lowest BCUT2D eigenvalue weighted by molar-refractivity contribution is -0.160. The molecule has 0 bridgehead atoms. The summed E-state index contributed by atoms with van der Waals surface area (Å²) in [5, 5.41) is 5.25. The second-order valence-electron chi connectivity index (χ2n) is 8.87. The molecule has 1 aliphatic heterocycles. The van der Waals surface area contributed by atoms with Crippen molar-refractivity contribution in [2.75, 3.05) is 46.6 Å². The van der Waals surface area contributed by atoms with Crippen LogP contribution in [0.25, 0.3) is 0 Å². The van der Waals surface area contributed by atoms with E-state index in [-0.39, 0.29) is 63.7 Å². The van der Waals surface area contributed by atoms with Crippen LogP contribution < -0.4 is 10.6 Å². The number of esters is 1. The molecule has 0 spiro atoms. The Morgan fingerprint density at radius 2 is 1.88 bits per heavy atom. The minimum atomic E-state index is -0.599. The summed E-state index contributed by atoms with van der Waals surface area (Å²) in [5.41, 5.74) is 0.216. The van der Waals surface area contributed by atoms with Gasteiger partial charge in [0, 0.05) is 32.4 Å². The fourth-order valence-corrected chi connectivity index (χ4v) is 3.48. The van der Waals surface area contributed by atoms with Crippen LogP contribution in [0.4, 0.5) is 0 Å². The maximum Gasteiger partial charge on any atom is 0.332 e. The van der Waals surface area contributed by atoms with Crippen LogP contribution in [-0.2, 0) is 33.4 Å². The molecule has 1 saturated heterocycles. The lowest BCUT2D eigenvalue weighted by Gasteiger charge is -2.24. The van der Waals surface area contributed by atoms with Crippen molar-refractivity contribution >= 4 is 23.7 Å². The number of ether oxygens (including phenoxy) is 3. The first-order valence-corrected chi connectivity index (χ1v) is 11.2. The van der Waals surface area contributed by atoms with Gasteiger partial charge in [-0.05, 0) is 32.4 Å². The van der Waals surface area contributed by atoms with Gasteiger partial charge in [0.05, 0.1) is 38.3 Å². The molecule has 11 nitrogen and oxygen atoms in total. The predicted molar refractivity (Wildman–Crippen MR) is 121 cm³/mol. The second-order valence-corrected chi connectivity index (χ2v) is 8.87. The van der Waals surface area contributed by atoms with Crippen LogP contribution in [0.2, 0.25) is 0 Å². The number of pyridine rings is 1. The Kier molecular flexibility index (Phi) is 10.4. The summed E-state index contributed by atoms with van der Waals surface area (Å²) in [5.74, 6) is -1.90. The molecule has 0 aliphatic carbocycles. The number of hydrogen-bond acceptors (Lipinski definition) is 8. The van der Waals surface area contributed by atoms with Gasteiger partial charge >= 0.3 is 5.97 Å². The molecule has 1 aliphatic rings. The van der Waals surface area contributed by atoms with Gasteiger partial charge in [-0.15, -0.1) is 0 Å². The van der Waals surface area contributed by atoms with E-state index < -0.39 is 23.5 Å². The molecule has 0 aromatic carbocycles. The summed E-state index contributed by atoms with van der Waals surface area (Å²) in [6, 6.07) is 3.15. The van der Waals surface area contributed by atoms with Crippen molar-refractivity contribution in [2.24, 2.45) is 5.92 Å². The molecular formula is C23H34N4O7. The second kappa shape index (κ2) is 13.0. The molecule has 1 fully saturated rings. The molecule has 0 saturated carbocycles. The topological polar surface area (TPSA) is 136 Å². The third kappa shape index (κ3) is 9.06. The van der Waals surface area contributed by atoms with Crippen molar-refractivity contribution in [1.29, 1.82) is 0 Å². The van der Waals surface area contributed by atoms with Gasteiger partial charge in [0.15, 0.2) is 0 Å². The molecule has 0 unspecified atom stereocenters. The number of likely N-dealkylation sites (tertiary alicyclic amines) is 1. The highest BCUT2D eigenvalue weighted by Crippen LogP contribution is 2.36. The number of nitrogens with one attached hydrogen (secondary N) is 2. The Morgan fingerprint density at radius 3 is 2.56 bits per heavy atom. The van der Waals surface area contributed by atoms with Gasteiger partial charge < -0.3 is 29.7 Å². The van der Waals surface area contributed by atoms with E-state index in [1.54, 1.807) is 46.3 Å². The Hall–Kier alpha value is -3.05. The zero-order valence-electron chi connectivity index (χ0n) is 20.2. The van der Waals surface area contributed by atoms with Gasteiger partial charge in [-0.1, -0.05) is 6.07 Å². The van der Waals surface area contributed by atoms with Crippen molar-refractivity contribution in [1.82, 2.24) is 20.5 Å². The summed E-state index contributed by atoms with van der Waals surface area (Å²) in [6.07, 6.45) is 3.34. The third-order valence-electron chi connectivity index (χ3n) is 4.95. The smallest absolute Gasteiger partial charge is 0.332 e. The van der Waals surface area contributed by atoms with Crippen LogP contribution in [0.3, 0.4) is 0 Å². The molecule has 11 heteroatoms. The molecule has 1 aromatic heterocycles. The maximum absolute atomic E-state index is 12.7. The standard InChI is InChI=1S/C23H34N4O7/c1-23(2,3)34-20(30)15-33-11-10-32-9-8-25-18(28)14-26-22(31)17-12-19(29)27(4)21(17)16-6-5-7-24-13-16/h5-7,13,17,21H,8-12,14-15H2,1-4H3,(H,25,28)(H,26,31)/t17-,21+/m0/s1. The molecule has 188 valence electrons. The minimum absolute atomic E-state index is 0.0767. The van der Waals surface area contributed by atoms with Crippen molar-refractivity contribution in [3.05, 3.63) is 30.1 Å². The van der Waals surface area contributed by atoms with Crippen LogP contribution in [0, 0.1) is 5.92 Å². The first-order chi connectivity index (χ1) is 16.1. The number of rotatable bonds is 12. The van der Waals surface area contributed by atoms with E-state index in [9.17, 15) is 19.2 Å². The van der Waals surface area contributed by atoms with Gasteiger partial charge in [-0.3, -0.25) is 19.4 Å². The SMILES string of the molecule is CN1C(=O)C[C@H](C(=O)NCC(=O)NCCOCCOCC(=O)OC(C)(C)C)[C@H]1c1cccnc1. The van der Waals surface area contributed by atoms with Crippen LogP contribution in [0.5, 0.6) is 0 Å². The Labute approximate surface area is 199 Å². The molecule has 2 atom stereocenters. The zero-order valence-corrected chi connectivity index (χ0v) is 20.2. The fraction of sp³-hybridized carbons (Fsp3) is 0.609. The lowest BCUT2D eigenvalue weighted by Crippen LogP contribution is -2.41. The van der Waals surface area contributed by atoms with Gasteiger partial charge in [-0.2, -0.15) is 0 Å². The Balaban J connectivity index is 1.60. The summed E-state index contributed by atoms with van der Waals surface area (Å²) in [7, 11) is 1.66. The lowest BCUT2D eigenvalue weighted by atomic mass is 9.94. The van der Waals surface area contributed by atoms with Gasteiger partial charge in [0.1, 0.15) is 12.2 Å². The molecule has 0 radical (unpaired) electrons. The van der Waals surface area contributed by atoms with Gasteiger partial charge in [0.25, 0.3) is 0 Å². The molecule has 2 heterocycles. The van der Waals surface area contributed by atoms with E-state index in [0.717, 1.165) is 5.56 Å². The van der Waals surface area contributed by atoms with E-state index in [2.05, 4.69) is 15.6 Å². The predicted octanol–water partition coefficient (Wildman–Crippen LogP) is 0.208. The van der Waals surface area contributed by atoms with Crippen LogP contribution in [-0.4, -0.2) is 85.7 Å². The highest BCUT2D eigenvalue weighted by atomic mass is 16.6. The first-order valence-electron chi connectivity index (χ1n) is 11.2. The summed E-state index contributed by atoms with van der Waals surface area (Å²) in [6.45, 7) is 5.96. The maximum atomic E-state index is 12.7. The van der Waals surface area contributed by atoms with E-state index >= 15 is 0 Å². The van der Waals surface area contributed by atoms with E-state index in [1.807, 2.05) is 6.07 Å². The normalized spacial score (nSPS) is 18.0. The highest BCUT2D eigenvalue weighted by molar-refractivity contribution is 5.92. The molecule has 2 rings (SSSR count). The minimum Gasteiger partial charge on any atom is -0.458 e. The largest absolute Gasteiger partial charge is 0.458 e. The Bertz CT molecular complexity index is 841. The van der Waals surface area contributed by atoms with Crippen molar-refractivity contribution in [3.63, 3.8) is 0 Å². The number of carbonyl (C=O) groups excluding carboxylic acids is 4. The average molecular weight is 479 g/mol. The highest BCUT2D eigenvalue weighted by Gasteiger charge is 2.42. The average Bonchev–Trinajstić information content (AvgIpc) is 3.07. The number of aromatic nitrogens is 1. The fourth-order valence-electron chi connectivity index (χ4n) is 3.48. The third-order valence-corrected chi connectivity index (χ3v) is 4.95. The molecule has 1 aromatic rings. The van der Waals surface area contributed by atoms with Gasteiger partial charge in [-0.25, -0.2) is 4.79 Å². The summed E-state index contributed by atoms with van der Waals surface area (Å²) < 4.78 is 15.6. The van der Waals surface area contributed by atoms with E-state index in [0.29, 0.717) is 0 Å². The van der Waals surface area contributed by atoms with E-state index in [1.165, 1.54) is 4.90 Å². The van der Waals surface area contributed by atoms with Crippen LogP contribution in [0.1, 0.15) is 38.8 Å². The van der Waals surface area contributed by atoms with Crippen molar-refractivity contribution in [3.8, 4) is 0 Å². The number of hydrogen-bond donors (Lipinski definition) is 2. The van der Waals surface area contributed by atoms with Crippen molar-refractivity contribution in [2.45, 2.75) is 38.8 Å². The summed E-state index contributed by atoms with van der Waals surface area (Å²) >= 11 is 0. The number of nitrogens with zero attached hydrogens (tertiary/aromatic N) is 2. The quantitative estimate of drug-likeness (QED) is 0.321. The van der Waals surface area contributed by atoms with Crippen LogP contribution in [0.15, 0.2) is 24.5 Å². The Morgan fingerprint density at radius 1 is 1.15 bits per heavy atom. The molecule has 34 heavy (non-hydrogen) atoms. The first kappa shape index (κ1) is 27.2. The number of amides is 3. The number of carbonyl (C=O) groups is 4. The van der Waals surface area contributed by atoms with E-state index in [4.69, 9.17) is 14.2 Å². The molecule has 2 N–H and O–H groups in total. The summed E-state index contributed by atoms with van der Waals surface area (Å²) in [4.78, 5) is 54.0. The monoisotopic (exact) mass is 478 g/mol. The zero-order chi connectivity index (χ0) is 25.1. The molecule has 3 amide bonds. The van der Waals surface area contributed by atoms with Crippen molar-refractivity contribution < 1.29 is 33.4 Å².